The Labute approximate surface area is 217 Å². The van der Waals surface area contributed by atoms with Crippen molar-refractivity contribution >= 4 is 17.5 Å². The van der Waals surface area contributed by atoms with Crippen molar-refractivity contribution in [3.63, 3.8) is 0 Å². The number of quaternary nitrogens is 1. The zero-order chi connectivity index (χ0) is 27.4. The molecule has 1 fully saturated rings. The van der Waals surface area contributed by atoms with Gasteiger partial charge < -0.3 is 29.8 Å². The quantitative estimate of drug-likeness (QED) is 0.190. The van der Waals surface area contributed by atoms with Crippen molar-refractivity contribution in [1.29, 1.82) is 5.26 Å². The van der Waals surface area contributed by atoms with Crippen LogP contribution in [-0.4, -0.2) is 79.0 Å². The number of hydrogen-bond donors (Lipinski definition) is 3. The molecule has 0 radical (unpaired) electrons. The highest BCUT2D eigenvalue weighted by Crippen LogP contribution is 2.26. The normalized spacial score (nSPS) is 18.2. The van der Waals surface area contributed by atoms with Crippen LogP contribution in [0.15, 0.2) is 18.2 Å². The molecule has 1 saturated carbocycles. The first-order valence-electron chi connectivity index (χ1n) is 12.6. The number of hydrogen-bond acceptors (Lipinski definition) is 8. The van der Waals surface area contributed by atoms with E-state index in [0.29, 0.717) is 67.7 Å². The van der Waals surface area contributed by atoms with Gasteiger partial charge in [0.15, 0.2) is 0 Å². The number of amides is 2. The zero-order valence-electron chi connectivity index (χ0n) is 21.8. The van der Waals surface area contributed by atoms with Crippen LogP contribution in [0.25, 0.3) is 0 Å². The second-order valence-electron chi connectivity index (χ2n) is 10.0. The maximum atomic E-state index is 12.5. The summed E-state index contributed by atoms with van der Waals surface area (Å²) in [6.07, 6.45) is 1.94. The van der Waals surface area contributed by atoms with Gasteiger partial charge in [0.1, 0.15) is 37.2 Å². The van der Waals surface area contributed by atoms with E-state index < -0.39 is 17.3 Å². The van der Waals surface area contributed by atoms with Gasteiger partial charge in [0.05, 0.1) is 32.7 Å². The molecule has 1 unspecified atom stereocenters. The Balaban J connectivity index is 1.74. The van der Waals surface area contributed by atoms with Crippen LogP contribution in [-0.2, 0) is 14.4 Å². The first-order chi connectivity index (χ1) is 17.5. The van der Waals surface area contributed by atoms with Gasteiger partial charge in [-0.2, -0.15) is 5.26 Å². The number of anilines is 1. The van der Waals surface area contributed by atoms with Crippen molar-refractivity contribution < 1.29 is 33.8 Å². The Morgan fingerprint density at radius 3 is 2.62 bits per heavy atom. The van der Waals surface area contributed by atoms with Crippen molar-refractivity contribution in [2.75, 3.05) is 45.7 Å². The van der Waals surface area contributed by atoms with E-state index in [2.05, 4.69) is 21.5 Å². The van der Waals surface area contributed by atoms with Crippen molar-refractivity contribution in [1.82, 2.24) is 5.32 Å². The number of likely N-dealkylation sites (N-methyl/N-ethyl adjacent to an activating group) is 1. The molecule has 0 aromatic heterocycles. The minimum Gasteiger partial charge on any atom is -0.489 e. The number of carbonyl (C=O) groups excluding carboxylic acids is 2. The van der Waals surface area contributed by atoms with Crippen molar-refractivity contribution in [2.24, 2.45) is 5.92 Å². The van der Waals surface area contributed by atoms with Gasteiger partial charge in [-0.25, -0.2) is 0 Å². The van der Waals surface area contributed by atoms with Crippen LogP contribution in [0.4, 0.5) is 5.69 Å². The van der Waals surface area contributed by atoms with Crippen LogP contribution >= 0.6 is 0 Å². The molecule has 0 spiro atoms. The topological polar surface area (TPSA) is 164 Å². The predicted octanol–water partition coefficient (Wildman–Crippen LogP) is 2.00. The van der Waals surface area contributed by atoms with Crippen LogP contribution in [0.3, 0.4) is 0 Å². The third-order valence-electron chi connectivity index (χ3n) is 6.29. The van der Waals surface area contributed by atoms with E-state index in [1.165, 1.54) is 0 Å². The molecule has 37 heavy (non-hydrogen) atoms. The van der Waals surface area contributed by atoms with E-state index in [9.17, 15) is 30.1 Å². The first kappa shape index (κ1) is 29.8. The molecule has 0 aliphatic heterocycles. The summed E-state index contributed by atoms with van der Waals surface area (Å²) in [5, 5.41) is 35.3. The van der Waals surface area contributed by atoms with Crippen molar-refractivity contribution in [3.05, 3.63) is 33.9 Å². The molecule has 1 aromatic carbocycles. The van der Waals surface area contributed by atoms with Crippen LogP contribution in [0, 0.1) is 27.4 Å². The maximum Gasteiger partial charge on any atom is 0.294 e. The minimum absolute atomic E-state index is 0.0142. The number of carbonyl (C=O) groups is 2. The fourth-order valence-corrected chi connectivity index (χ4v) is 4.35. The average molecular weight is 521 g/mol. The Morgan fingerprint density at radius 1 is 1.30 bits per heavy atom. The minimum atomic E-state index is -0.807. The number of aliphatic hydroxyl groups is 1. The molecule has 2 amide bonds. The van der Waals surface area contributed by atoms with Crippen LogP contribution in [0.5, 0.6) is 5.75 Å². The lowest BCUT2D eigenvalue weighted by atomic mass is 9.87. The molecule has 204 valence electrons. The zero-order valence-corrected chi connectivity index (χ0v) is 21.8. The highest BCUT2D eigenvalue weighted by atomic mass is 17.0. The van der Waals surface area contributed by atoms with Gasteiger partial charge in [-0.05, 0) is 50.3 Å². The Bertz CT molecular complexity index is 971. The van der Waals surface area contributed by atoms with E-state index >= 15 is 0 Å². The molecule has 12 nitrogen and oxygen atoms in total. The summed E-state index contributed by atoms with van der Waals surface area (Å²) in [4.78, 5) is 39.3. The lowest BCUT2D eigenvalue weighted by Gasteiger charge is -2.32. The van der Waals surface area contributed by atoms with E-state index in [1.807, 2.05) is 21.0 Å². The monoisotopic (exact) mass is 520 g/mol. The van der Waals surface area contributed by atoms with Crippen LogP contribution in [0.2, 0.25) is 0 Å². The molecule has 2 rings (SSSR count). The fourth-order valence-electron chi connectivity index (χ4n) is 4.35. The average Bonchev–Trinajstić information content (AvgIpc) is 2.82. The predicted molar refractivity (Wildman–Crippen MR) is 135 cm³/mol. The molecular weight excluding hydrogens is 482 g/mol. The van der Waals surface area contributed by atoms with Crippen molar-refractivity contribution in [3.8, 4) is 11.8 Å². The molecule has 12 heteroatoms. The molecule has 1 aliphatic carbocycles. The summed E-state index contributed by atoms with van der Waals surface area (Å²) >= 11 is 0. The van der Waals surface area contributed by atoms with Gasteiger partial charge in [0.2, 0.25) is 11.8 Å². The van der Waals surface area contributed by atoms with E-state index in [-0.39, 0.29) is 29.9 Å². The summed E-state index contributed by atoms with van der Waals surface area (Å²) in [6.45, 7) is 3.27. The second-order valence-corrected chi connectivity index (χ2v) is 10.0. The van der Waals surface area contributed by atoms with E-state index in [0.717, 1.165) is 6.42 Å². The standard InChI is InChI=1S/C25H37N5O7/c1-4-5-24(32)28-20-8-11-23(19(14-20)15-26)36-17-21(31)16-30(2,3)13-12-27-25(33)18-6-9-22(10-7-18)37-29(34)35/h8,11,14,18,21-22,31H,4-7,9-10,12-13,16-17H2,1-3H3,(H-,27,28,32,33)/p+1. The van der Waals surface area contributed by atoms with Gasteiger partial charge in [-0.1, -0.05) is 6.92 Å². The number of ether oxygens (including phenoxy) is 1. The van der Waals surface area contributed by atoms with Gasteiger partial charge >= 0.3 is 0 Å². The number of aliphatic hydroxyl groups excluding tert-OH is 1. The number of nitrogens with zero attached hydrogens (tertiary/aromatic N) is 3. The molecule has 1 atom stereocenters. The highest BCUT2D eigenvalue weighted by molar-refractivity contribution is 5.91. The fraction of sp³-hybridized carbons (Fsp3) is 0.640. The van der Waals surface area contributed by atoms with Crippen molar-refractivity contribution in [2.45, 2.75) is 57.7 Å². The molecule has 0 saturated heterocycles. The molecular formula is C25H38N5O7+. The lowest BCUT2D eigenvalue weighted by molar-refractivity contribution is -0.892. The van der Waals surface area contributed by atoms with E-state index in [1.54, 1.807) is 18.2 Å². The smallest absolute Gasteiger partial charge is 0.294 e. The summed E-state index contributed by atoms with van der Waals surface area (Å²) in [5.74, 6) is -0.0454. The molecule has 1 aromatic rings. The summed E-state index contributed by atoms with van der Waals surface area (Å²) in [7, 11) is 3.87. The summed E-state index contributed by atoms with van der Waals surface area (Å²) in [6, 6.07) is 6.84. The molecule has 3 N–H and O–H groups in total. The molecule has 0 bridgehead atoms. The first-order valence-corrected chi connectivity index (χ1v) is 12.6. The number of benzene rings is 1. The summed E-state index contributed by atoms with van der Waals surface area (Å²) < 4.78 is 6.11. The number of rotatable bonds is 14. The van der Waals surface area contributed by atoms with Crippen LogP contribution < -0.4 is 15.4 Å². The van der Waals surface area contributed by atoms with Gasteiger partial charge in [0.25, 0.3) is 5.09 Å². The molecule has 0 heterocycles. The largest absolute Gasteiger partial charge is 0.489 e. The van der Waals surface area contributed by atoms with Gasteiger partial charge in [0, 0.05) is 18.0 Å². The van der Waals surface area contributed by atoms with Gasteiger partial charge in [-0.15, -0.1) is 10.1 Å². The number of nitriles is 1. The molecule has 1 aliphatic rings. The summed E-state index contributed by atoms with van der Waals surface area (Å²) in [5.41, 5.74) is 0.776. The lowest BCUT2D eigenvalue weighted by Crippen LogP contribution is -2.51. The Morgan fingerprint density at radius 2 is 2.00 bits per heavy atom. The van der Waals surface area contributed by atoms with Crippen LogP contribution in [0.1, 0.15) is 51.0 Å². The third-order valence-corrected chi connectivity index (χ3v) is 6.29. The number of nitrogens with one attached hydrogen (secondary N) is 2. The second kappa shape index (κ2) is 14.3. The Hall–Kier alpha value is -3.43. The SMILES string of the molecule is CCCC(=O)Nc1ccc(OCC(O)C[N+](C)(C)CCNC(=O)C2CCC(O[N+](=O)[O-])CC2)c(C#N)c1. The maximum absolute atomic E-state index is 12.5. The van der Waals surface area contributed by atoms with E-state index in [4.69, 9.17) is 4.74 Å². The highest BCUT2D eigenvalue weighted by Gasteiger charge is 2.28. The third kappa shape index (κ3) is 10.6. The van der Waals surface area contributed by atoms with Gasteiger partial charge in [-0.3, -0.25) is 9.59 Å². The Kier molecular flexibility index (Phi) is 11.6.